The summed E-state index contributed by atoms with van der Waals surface area (Å²) in [7, 11) is 0. The Morgan fingerprint density at radius 1 is 1.32 bits per heavy atom. The van der Waals surface area contributed by atoms with Crippen LogP contribution in [0.1, 0.15) is 30.6 Å². The van der Waals surface area contributed by atoms with E-state index in [-0.39, 0.29) is 12.6 Å². The maximum absolute atomic E-state index is 5.92. The van der Waals surface area contributed by atoms with Crippen molar-refractivity contribution < 1.29 is 9.26 Å². The van der Waals surface area contributed by atoms with Gasteiger partial charge in [0.25, 0.3) is 5.89 Å². The maximum Gasteiger partial charge on any atom is 0.264 e. The third-order valence-electron chi connectivity index (χ3n) is 2.88. The number of hydrogen-bond donors (Lipinski definition) is 1. The van der Waals surface area contributed by atoms with E-state index in [0.29, 0.717) is 11.7 Å². The Morgan fingerprint density at radius 3 is 2.63 bits per heavy atom. The first kappa shape index (κ1) is 13.5. The molecule has 5 heteroatoms. The zero-order valence-corrected chi connectivity index (χ0v) is 11.3. The zero-order chi connectivity index (χ0) is 13.7. The largest absolute Gasteiger partial charge is 0.484 e. The summed E-state index contributed by atoms with van der Waals surface area (Å²) in [5.74, 6) is 1.88. The van der Waals surface area contributed by atoms with E-state index in [1.54, 1.807) is 6.92 Å². The van der Waals surface area contributed by atoms with Crippen LogP contribution in [0.2, 0.25) is 0 Å². The normalized spacial score (nSPS) is 12.4. The number of hydrogen-bond acceptors (Lipinski definition) is 5. The molecule has 1 atom stereocenters. The summed E-state index contributed by atoms with van der Waals surface area (Å²) >= 11 is 0. The lowest BCUT2D eigenvalue weighted by atomic mass is 10.0. The van der Waals surface area contributed by atoms with E-state index in [9.17, 15) is 0 Å². The van der Waals surface area contributed by atoms with Crippen molar-refractivity contribution in [2.24, 2.45) is 5.73 Å². The molecular formula is C14H19N3O2. The molecule has 0 radical (unpaired) electrons. The fourth-order valence-corrected chi connectivity index (χ4v) is 1.71. The fraction of sp³-hybridized carbons (Fsp3) is 0.429. The van der Waals surface area contributed by atoms with Crippen molar-refractivity contribution >= 4 is 0 Å². The zero-order valence-electron chi connectivity index (χ0n) is 11.3. The van der Waals surface area contributed by atoms with Gasteiger partial charge in [-0.25, -0.2) is 0 Å². The molecule has 0 spiro atoms. The molecule has 0 amide bonds. The van der Waals surface area contributed by atoms with Crippen molar-refractivity contribution in [3.8, 4) is 5.75 Å². The van der Waals surface area contributed by atoms with Gasteiger partial charge in [-0.05, 0) is 37.5 Å². The van der Waals surface area contributed by atoms with E-state index in [4.69, 9.17) is 15.0 Å². The second-order valence-electron chi connectivity index (χ2n) is 4.54. The minimum atomic E-state index is 0.216. The summed E-state index contributed by atoms with van der Waals surface area (Å²) < 4.78 is 10.5. The van der Waals surface area contributed by atoms with Crippen LogP contribution in [-0.2, 0) is 13.0 Å². The lowest BCUT2D eigenvalue weighted by Crippen LogP contribution is -2.21. The van der Waals surface area contributed by atoms with Crippen LogP contribution in [0, 0.1) is 6.92 Å². The molecular weight excluding hydrogens is 242 g/mol. The van der Waals surface area contributed by atoms with Crippen molar-refractivity contribution in [3.05, 3.63) is 41.5 Å². The first-order chi connectivity index (χ1) is 9.17. The summed E-state index contributed by atoms with van der Waals surface area (Å²) in [5, 5.41) is 3.71. The van der Waals surface area contributed by atoms with Gasteiger partial charge < -0.3 is 15.0 Å². The molecule has 1 aromatic heterocycles. The second kappa shape index (κ2) is 6.33. The average Bonchev–Trinajstić information content (AvgIpc) is 2.83. The van der Waals surface area contributed by atoms with Gasteiger partial charge in [0.2, 0.25) is 0 Å². The molecule has 2 N–H and O–H groups in total. The molecule has 19 heavy (non-hydrogen) atoms. The lowest BCUT2D eigenvalue weighted by Gasteiger charge is -2.09. The van der Waals surface area contributed by atoms with Crippen LogP contribution in [-0.4, -0.2) is 16.2 Å². The predicted molar refractivity (Wildman–Crippen MR) is 71.8 cm³/mol. The summed E-state index contributed by atoms with van der Waals surface area (Å²) in [5.41, 5.74) is 7.14. The molecule has 2 rings (SSSR count). The van der Waals surface area contributed by atoms with Crippen LogP contribution in [0.25, 0.3) is 0 Å². The molecule has 2 aromatic rings. The third kappa shape index (κ3) is 4.06. The van der Waals surface area contributed by atoms with Gasteiger partial charge in [0, 0.05) is 6.04 Å². The number of rotatable bonds is 6. The first-order valence-corrected chi connectivity index (χ1v) is 6.44. The molecule has 1 heterocycles. The summed E-state index contributed by atoms with van der Waals surface area (Å²) in [6.45, 7) is 4.15. The molecule has 5 nitrogen and oxygen atoms in total. The van der Waals surface area contributed by atoms with Gasteiger partial charge in [0.15, 0.2) is 12.4 Å². The molecule has 0 fully saturated rings. The van der Waals surface area contributed by atoms with Crippen molar-refractivity contribution in [2.45, 2.75) is 39.3 Å². The molecule has 0 aliphatic carbocycles. The van der Waals surface area contributed by atoms with Crippen LogP contribution >= 0.6 is 0 Å². The standard InChI is InChI=1S/C14H19N3O2/c1-3-12(15)8-11-4-6-13(7-5-11)18-9-14-16-10(2)17-19-14/h4-7,12H,3,8-9,15H2,1-2H3. The minimum absolute atomic E-state index is 0.216. The Labute approximate surface area is 112 Å². The quantitative estimate of drug-likeness (QED) is 0.863. The third-order valence-corrected chi connectivity index (χ3v) is 2.88. The van der Waals surface area contributed by atoms with Crippen molar-refractivity contribution in [2.75, 3.05) is 0 Å². The monoisotopic (exact) mass is 261 g/mol. The van der Waals surface area contributed by atoms with Crippen molar-refractivity contribution in [3.63, 3.8) is 0 Å². The highest BCUT2D eigenvalue weighted by molar-refractivity contribution is 5.27. The van der Waals surface area contributed by atoms with Gasteiger partial charge >= 0.3 is 0 Å². The first-order valence-electron chi connectivity index (χ1n) is 6.44. The lowest BCUT2D eigenvalue weighted by molar-refractivity contribution is 0.242. The summed E-state index contributed by atoms with van der Waals surface area (Å²) in [4.78, 5) is 4.07. The van der Waals surface area contributed by atoms with Crippen LogP contribution in [0.15, 0.2) is 28.8 Å². The predicted octanol–water partition coefficient (Wildman–Crippen LogP) is 2.24. The Kier molecular flexibility index (Phi) is 4.52. The van der Waals surface area contributed by atoms with Crippen LogP contribution in [0.3, 0.4) is 0 Å². The van der Waals surface area contributed by atoms with E-state index in [0.717, 1.165) is 18.6 Å². The number of aryl methyl sites for hydroxylation is 1. The summed E-state index contributed by atoms with van der Waals surface area (Å²) in [6, 6.07) is 8.14. The molecule has 0 saturated carbocycles. The van der Waals surface area contributed by atoms with E-state index in [1.807, 2.05) is 24.3 Å². The van der Waals surface area contributed by atoms with Crippen LogP contribution in [0.5, 0.6) is 5.75 Å². The Bertz CT molecular complexity index is 508. The molecule has 0 aliphatic rings. The van der Waals surface area contributed by atoms with Crippen molar-refractivity contribution in [1.29, 1.82) is 0 Å². The minimum Gasteiger partial charge on any atom is -0.484 e. The SMILES string of the molecule is CCC(N)Cc1ccc(OCc2nc(C)no2)cc1. The van der Waals surface area contributed by atoms with E-state index >= 15 is 0 Å². The number of ether oxygens (including phenoxy) is 1. The van der Waals surface area contributed by atoms with Crippen LogP contribution in [0.4, 0.5) is 0 Å². The smallest absolute Gasteiger partial charge is 0.264 e. The van der Waals surface area contributed by atoms with Gasteiger partial charge in [-0.2, -0.15) is 4.98 Å². The Morgan fingerprint density at radius 2 is 2.05 bits per heavy atom. The highest BCUT2D eigenvalue weighted by atomic mass is 16.5. The molecule has 0 aliphatic heterocycles. The second-order valence-corrected chi connectivity index (χ2v) is 4.54. The Hall–Kier alpha value is -1.88. The molecule has 0 saturated heterocycles. The van der Waals surface area contributed by atoms with Gasteiger partial charge in [-0.15, -0.1) is 0 Å². The molecule has 102 valence electrons. The van der Waals surface area contributed by atoms with Gasteiger partial charge in [0.05, 0.1) is 0 Å². The molecule has 1 unspecified atom stereocenters. The Balaban J connectivity index is 1.88. The summed E-state index contributed by atoms with van der Waals surface area (Å²) in [6.07, 6.45) is 1.87. The van der Waals surface area contributed by atoms with Crippen LogP contribution < -0.4 is 10.5 Å². The number of nitrogens with zero attached hydrogens (tertiary/aromatic N) is 2. The van der Waals surface area contributed by atoms with Gasteiger partial charge in [-0.3, -0.25) is 0 Å². The highest BCUT2D eigenvalue weighted by Crippen LogP contribution is 2.15. The number of nitrogens with two attached hydrogens (primary N) is 1. The van der Waals surface area contributed by atoms with E-state index in [2.05, 4.69) is 17.1 Å². The van der Waals surface area contributed by atoms with E-state index in [1.165, 1.54) is 5.56 Å². The fourth-order valence-electron chi connectivity index (χ4n) is 1.71. The molecule has 1 aromatic carbocycles. The molecule has 0 bridgehead atoms. The van der Waals surface area contributed by atoms with Gasteiger partial charge in [-0.1, -0.05) is 24.2 Å². The number of benzene rings is 1. The van der Waals surface area contributed by atoms with Crippen molar-refractivity contribution in [1.82, 2.24) is 10.1 Å². The topological polar surface area (TPSA) is 74.2 Å². The van der Waals surface area contributed by atoms with Gasteiger partial charge in [0.1, 0.15) is 5.75 Å². The van der Waals surface area contributed by atoms with E-state index < -0.39 is 0 Å². The number of aromatic nitrogens is 2. The maximum atomic E-state index is 5.92. The highest BCUT2D eigenvalue weighted by Gasteiger charge is 2.04. The average molecular weight is 261 g/mol.